The van der Waals surface area contributed by atoms with Gasteiger partial charge >= 0.3 is 0 Å². The molecule has 3 heteroatoms. The predicted octanol–water partition coefficient (Wildman–Crippen LogP) is 3.88. The summed E-state index contributed by atoms with van der Waals surface area (Å²) in [6.07, 6.45) is 12.7. The number of nitrogens with one attached hydrogen (secondary N) is 1. The molecule has 1 N–H and O–H groups in total. The average Bonchev–Trinajstić information content (AvgIpc) is 2.93. The van der Waals surface area contributed by atoms with Gasteiger partial charge in [-0.05, 0) is 50.8 Å². The van der Waals surface area contributed by atoms with Crippen LogP contribution in [0.1, 0.15) is 50.6 Å². The molecule has 0 saturated carbocycles. The lowest BCUT2D eigenvalue weighted by atomic mass is 9.90. The van der Waals surface area contributed by atoms with E-state index >= 15 is 0 Å². The second-order valence-electron chi connectivity index (χ2n) is 5.54. The van der Waals surface area contributed by atoms with Gasteiger partial charge in [0.1, 0.15) is 0 Å². The Kier molecular flexibility index (Phi) is 4.16. The summed E-state index contributed by atoms with van der Waals surface area (Å²) < 4.78 is 1.97. The summed E-state index contributed by atoms with van der Waals surface area (Å²) >= 11 is 0. The molecule has 0 bridgehead atoms. The van der Waals surface area contributed by atoms with Crippen molar-refractivity contribution in [1.82, 2.24) is 14.9 Å². The fourth-order valence-corrected chi connectivity index (χ4v) is 3.03. The standard InChI is InChI=1S/C17H23N3/c1-2-11-18-17(14-8-4-3-5-9-14)15-13-19-20-12-7-6-10-16(15)20/h6-8,10,12-13,17-18H,2-5,9,11H2,1H3. The number of nitrogens with zero attached hydrogens (tertiary/aromatic N) is 2. The smallest absolute Gasteiger partial charge is 0.0712 e. The molecule has 0 radical (unpaired) electrons. The summed E-state index contributed by atoms with van der Waals surface area (Å²) in [6.45, 7) is 3.27. The second kappa shape index (κ2) is 6.23. The summed E-state index contributed by atoms with van der Waals surface area (Å²) in [4.78, 5) is 0. The minimum atomic E-state index is 0.329. The first-order valence-corrected chi connectivity index (χ1v) is 7.74. The Balaban J connectivity index is 1.97. The first-order chi connectivity index (χ1) is 9.90. The third-order valence-corrected chi connectivity index (χ3v) is 4.06. The fourth-order valence-electron chi connectivity index (χ4n) is 3.03. The predicted molar refractivity (Wildman–Crippen MR) is 82.8 cm³/mol. The molecule has 1 aliphatic rings. The molecule has 1 aliphatic carbocycles. The third-order valence-electron chi connectivity index (χ3n) is 4.06. The Morgan fingerprint density at radius 3 is 3.10 bits per heavy atom. The minimum Gasteiger partial charge on any atom is -0.306 e. The lowest BCUT2D eigenvalue weighted by Gasteiger charge is -2.24. The normalized spacial score (nSPS) is 17.1. The first-order valence-electron chi connectivity index (χ1n) is 7.74. The van der Waals surface area contributed by atoms with Crippen LogP contribution in [0.2, 0.25) is 0 Å². The van der Waals surface area contributed by atoms with Gasteiger partial charge in [-0.3, -0.25) is 0 Å². The summed E-state index contributed by atoms with van der Waals surface area (Å²) in [6, 6.07) is 6.60. The molecule has 0 amide bonds. The van der Waals surface area contributed by atoms with Gasteiger partial charge in [-0.1, -0.05) is 24.6 Å². The van der Waals surface area contributed by atoms with Crippen LogP contribution < -0.4 is 5.32 Å². The zero-order chi connectivity index (χ0) is 13.8. The van der Waals surface area contributed by atoms with Crippen LogP contribution in [0.4, 0.5) is 0 Å². The van der Waals surface area contributed by atoms with Gasteiger partial charge in [-0.2, -0.15) is 5.10 Å². The van der Waals surface area contributed by atoms with Crippen LogP contribution in [0.15, 0.2) is 42.2 Å². The van der Waals surface area contributed by atoms with E-state index in [0.717, 1.165) is 13.0 Å². The summed E-state index contributed by atoms with van der Waals surface area (Å²) in [5, 5.41) is 8.20. The van der Waals surface area contributed by atoms with Crippen LogP contribution in [-0.2, 0) is 0 Å². The Labute approximate surface area is 120 Å². The van der Waals surface area contributed by atoms with Gasteiger partial charge in [0.05, 0.1) is 17.8 Å². The Morgan fingerprint density at radius 1 is 1.35 bits per heavy atom. The maximum Gasteiger partial charge on any atom is 0.0712 e. The average molecular weight is 269 g/mol. The molecule has 0 aliphatic heterocycles. The highest BCUT2D eigenvalue weighted by molar-refractivity contribution is 5.56. The molecule has 2 heterocycles. The van der Waals surface area contributed by atoms with Crippen LogP contribution in [0.25, 0.3) is 5.52 Å². The number of pyridine rings is 1. The first kappa shape index (κ1) is 13.4. The van der Waals surface area contributed by atoms with Gasteiger partial charge < -0.3 is 5.32 Å². The molecular weight excluding hydrogens is 246 g/mol. The maximum atomic E-state index is 4.49. The minimum absolute atomic E-state index is 0.329. The van der Waals surface area contributed by atoms with Gasteiger partial charge in [-0.15, -0.1) is 0 Å². The monoisotopic (exact) mass is 269 g/mol. The van der Waals surface area contributed by atoms with Crippen molar-refractivity contribution in [1.29, 1.82) is 0 Å². The highest BCUT2D eigenvalue weighted by Crippen LogP contribution is 2.31. The lowest BCUT2D eigenvalue weighted by Crippen LogP contribution is -2.24. The van der Waals surface area contributed by atoms with E-state index in [1.807, 2.05) is 23.0 Å². The van der Waals surface area contributed by atoms with E-state index in [9.17, 15) is 0 Å². The van der Waals surface area contributed by atoms with Crippen molar-refractivity contribution < 1.29 is 0 Å². The molecule has 20 heavy (non-hydrogen) atoms. The van der Waals surface area contributed by atoms with Crippen molar-refractivity contribution in [3.63, 3.8) is 0 Å². The van der Waals surface area contributed by atoms with E-state index in [1.165, 1.54) is 36.8 Å². The van der Waals surface area contributed by atoms with E-state index in [2.05, 4.69) is 35.5 Å². The van der Waals surface area contributed by atoms with Crippen molar-refractivity contribution in [2.45, 2.75) is 45.1 Å². The molecule has 3 nitrogen and oxygen atoms in total. The van der Waals surface area contributed by atoms with Crippen molar-refractivity contribution in [2.24, 2.45) is 0 Å². The van der Waals surface area contributed by atoms with Gasteiger partial charge in [0.25, 0.3) is 0 Å². The molecular formula is C17H23N3. The molecule has 0 spiro atoms. The van der Waals surface area contributed by atoms with Crippen LogP contribution in [0, 0.1) is 0 Å². The van der Waals surface area contributed by atoms with E-state index < -0.39 is 0 Å². The van der Waals surface area contributed by atoms with Crippen LogP contribution >= 0.6 is 0 Å². The molecule has 2 aromatic rings. The molecule has 0 saturated heterocycles. The van der Waals surface area contributed by atoms with Crippen molar-refractivity contribution in [2.75, 3.05) is 6.54 Å². The fraction of sp³-hybridized carbons (Fsp3) is 0.471. The van der Waals surface area contributed by atoms with E-state index in [4.69, 9.17) is 0 Å². The quantitative estimate of drug-likeness (QED) is 0.835. The van der Waals surface area contributed by atoms with Crippen molar-refractivity contribution >= 4 is 5.52 Å². The molecule has 106 valence electrons. The summed E-state index contributed by atoms with van der Waals surface area (Å²) in [5.74, 6) is 0. The lowest BCUT2D eigenvalue weighted by molar-refractivity contribution is 0.549. The van der Waals surface area contributed by atoms with Crippen LogP contribution in [0.3, 0.4) is 0 Å². The van der Waals surface area contributed by atoms with Crippen molar-refractivity contribution in [3.8, 4) is 0 Å². The molecule has 2 aromatic heterocycles. The Bertz CT molecular complexity index is 597. The van der Waals surface area contributed by atoms with E-state index in [-0.39, 0.29) is 0 Å². The van der Waals surface area contributed by atoms with Gasteiger partial charge in [0, 0.05) is 11.8 Å². The summed E-state index contributed by atoms with van der Waals surface area (Å²) in [5.41, 5.74) is 4.07. The number of allylic oxidation sites excluding steroid dienone is 1. The Morgan fingerprint density at radius 2 is 2.30 bits per heavy atom. The third kappa shape index (κ3) is 2.63. The topological polar surface area (TPSA) is 29.3 Å². The van der Waals surface area contributed by atoms with Gasteiger partial charge in [0.2, 0.25) is 0 Å². The number of rotatable bonds is 5. The van der Waals surface area contributed by atoms with Crippen LogP contribution in [-0.4, -0.2) is 16.2 Å². The highest BCUT2D eigenvalue weighted by Gasteiger charge is 2.20. The van der Waals surface area contributed by atoms with E-state index in [1.54, 1.807) is 5.57 Å². The highest BCUT2D eigenvalue weighted by atomic mass is 15.2. The molecule has 0 fully saturated rings. The Hall–Kier alpha value is -1.61. The number of fused-ring (bicyclic) bond motifs is 1. The molecule has 0 aromatic carbocycles. The van der Waals surface area contributed by atoms with Gasteiger partial charge in [-0.25, -0.2) is 4.52 Å². The molecule has 1 atom stereocenters. The zero-order valence-electron chi connectivity index (χ0n) is 12.2. The number of hydrogen-bond acceptors (Lipinski definition) is 2. The second-order valence-corrected chi connectivity index (χ2v) is 5.54. The zero-order valence-corrected chi connectivity index (χ0v) is 12.2. The van der Waals surface area contributed by atoms with Crippen molar-refractivity contribution in [3.05, 3.63) is 47.8 Å². The summed E-state index contributed by atoms with van der Waals surface area (Å²) in [7, 11) is 0. The van der Waals surface area contributed by atoms with Gasteiger partial charge in [0.15, 0.2) is 0 Å². The number of hydrogen-bond donors (Lipinski definition) is 1. The van der Waals surface area contributed by atoms with Crippen LogP contribution in [0.5, 0.6) is 0 Å². The molecule has 1 unspecified atom stereocenters. The number of aromatic nitrogens is 2. The maximum absolute atomic E-state index is 4.49. The SMILES string of the molecule is CCCNC(C1=CCCCC1)c1cnn2ccccc12. The van der Waals surface area contributed by atoms with E-state index in [0.29, 0.717) is 6.04 Å². The molecule has 3 rings (SSSR count). The largest absolute Gasteiger partial charge is 0.306 e.